The second-order valence-corrected chi connectivity index (χ2v) is 4.75. The average Bonchev–Trinajstić information content (AvgIpc) is 2.38. The van der Waals surface area contributed by atoms with Crippen LogP contribution in [0.15, 0.2) is 24.3 Å². The summed E-state index contributed by atoms with van der Waals surface area (Å²) in [6.07, 6.45) is -4.55. The molecule has 1 aromatic rings. The Kier molecular flexibility index (Phi) is 6.29. The molecular weight excluding hydrogens is 306 g/mol. The first-order valence-electron chi connectivity index (χ1n) is 6.36. The van der Waals surface area contributed by atoms with Gasteiger partial charge in [0, 0.05) is 5.56 Å². The summed E-state index contributed by atoms with van der Waals surface area (Å²) in [5, 5.41) is 3.30. The van der Waals surface area contributed by atoms with E-state index in [1.54, 1.807) is 24.5 Å². The van der Waals surface area contributed by atoms with Crippen LogP contribution in [0.3, 0.4) is 0 Å². The van der Waals surface area contributed by atoms with E-state index >= 15 is 0 Å². The maximum absolute atomic E-state index is 13.4. The first-order chi connectivity index (χ1) is 10.2. The van der Waals surface area contributed by atoms with Gasteiger partial charge in [-0.1, -0.05) is 18.2 Å². The van der Waals surface area contributed by atoms with Gasteiger partial charge in [0.25, 0.3) is 5.91 Å². The molecule has 0 saturated carbocycles. The van der Waals surface area contributed by atoms with Crippen LogP contribution in [0.25, 0.3) is 0 Å². The molecule has 122 valence electrons. The largest absolute Gasteiger partial charge is 0.405 e. The van der Waals surface area contributed by atoms with Crippen molar-refractivity contribution in [3.05, 3.63) is 35.6 Å². The van der Waals surface area contributed by atoms with Gasteiger partial charge in [-0.2, -0.15) is 13.2 Å². The van der Waals surface area contributed by atoms with Gasteiger partial charge in [0.1, 0.15) is 18.9 Å². The Hall–Kier alpha value is -2.16. The van der Waals surface area contributed by atoms with Crippen LogP contribution in [-0.4, -0.2) is 38.3 Å². The van der Waals surface area contributed by atoms with E-state index in [9.17, 15) is 27.2 Å². The molecule has 1 unspecified atom stereocenters. The highest BCUT2D eigenvalue weighted by Gasteiger charge is 2.28. The Morgan fingerprint density at radius 1 is 1.23 bits per heavy atom. The van der Waals surface area contributed by atoms with Crippen molar-refractivity contribution < 1.29 is 32.1 Å². The van der Waals surface area contributed by atoms with E-state index < -0.39 is 30.5 Å². The molecule has 3 N–H and O–H groups in total. The lowest BCUT2D eigenvalue weighted by Crippen LogP contribution is -3.09. The first kappa shape index (κ1) is 17.9. The number of likely N-dealkylation sites (N-methyl/N-ethyl adjacent to an activating group) is 1. The van der Waals surface area contributed by atoms with Gasteiger partial charge in [0.2, 0.25) is 0 Å². The number of imide groups is 1. The van der Waals surface area contributed by atoms with E-state index in [0.717, 1.165) is 0 Å². The fraction of sp³-hybridized carbons (Fsp3) is 0.385. The molecule has 3 amide bonds. The fourth-order valence-corrected chi connectivity index (χ4v) is 1.70. The number of urea groups is 1. The zero-order chi connectivity index (χ0) is 16.8. The molecule has 0 aliphatic rings. The highest BCUT2D eigenvalue weighted by Crippen LogP contribution is 2.11. The Labute approximate surface area is 124 Å². The molecular formula is C13H16F4N3O2+. The number of rotatable bonds is 5. The number of hydrogen-bond acceptors (Lipinski definition) is 2. The minimum Gasteiger partial charge on any atom is -0.329 e. The highest BCUT2D eigenvalue weighted by molar-refractivity contribution is 5.94. The zero-order valence-electron chi connectivity index (χ0n) is 11.8. The SMILES string of the molecule is C[NH+](CC(=O)NC(=O)NCC(F)(F)F)Cc1ccccc1F. The van der Waals surface area contributed by atoms with E-state index in [1.807, 2.05) is 0 Å². The summed E-state index contributed by atoms with van der Waals surface area (Å²) >= 11 is 0. The number of carbonyl (C=O) groups is 2. The van der Waals surface area contributed by atoms with Crippen molar-refractivity contribution in [3.8, 4) is 0 Å². The molecule has 0 aromatic heterocycles. The van der Waals surface area contributed by atoms with Crippen molar-refractivity contribution in [2.45, 2.75) is 12.7 Å². The number of nitrogens with one attached hydrogen (secondary N) is 3. The molecule has 0 bridgehead atoms. The van der Waals surface area contributed by atoms with Gasteiger partial charge in [0.15, 0.2) is 6.54 Å². The van der Waals surface area contributed by atoms with Gasteiger partial charge in [0.05, 0.1) is 7.05 Å². The number of carbonyl (C=O) groups excluding carboxylic acids is 2. The summed E-state index contributed by atoms with van der Waals surface area (Å²) in [7, 11) is 1.60. The molecule has 1 atom stereocenters. The highest BCUT2D eigenvalue weighted by atomic mass is 19.4. The van der Waals surface area contributed by atoms with Crippen molar-refractivity contribution in [3.63, 3.8) is 0 Å². The van der Waals surface area contributed by atoms with Crippen LogP contribution < -0.4 is 15.5 Å². The zero-order valence-corrected chi connectivity index (χ0v) is 11.8. The number of alkyl halides is 3. The fourth-order valence-electron chi connectivity index (χ4n) is 1.70. The normalized spacial score (nSPS) is 12.6. The molecule has 0 spiro atoms. The second-order valence-electron chi connectivity index (χ2n) is 4.75. The van der Waals surface area contributed by atoms with Gasteiger partial charge in [-0.3, -0.25) is 10.1 Å². The van der Waals surface area contributed by atoms with Crippen LogP contribution in [0.4, 0.5) is 22.4 Å². The minimum absolute atomic E-state index is 0.187. The predicted molar refractivity (Wildman–Crippen MR) is 69.5 cm³/mol. The molecule has 0 radical (unpaired) electrons. The first-order valence-corrected chi connectivity index (χ1v) is 6.36. The molecule has 0 aliphatic heterocycles. The van der Waals surface area contributed by atoms with Gasteiger partial charge in [-0.15, -0.1) is 0 Å². The maximum Gasteiger partial charge on any atom is 0.405 e. The summed E-state index contributed by atoms with van der Waals surface area (Å²) in [6.45, 7) is -1.51. The molecule has 0 aliphatic carbocycles. The van der Waals surface area contributed by atoms with Crippen LogP contribution in [0.1, 0.15) is 5.56 Å². The lowest BCUT2D eigenvalue weighted by Gasteiger charge is -2.14. The van der Waals surface area contributed by atoms with Crippen molar-refractivity contribution in [1.29, 1.82) is 0 Å². The van der Waals surface area contributed by atoms with Crippen molar-refractivity contribution in [1.82, 2.24) is 10.6 Å². The average molecular weight is 322 g/mol. The third-order valence-corrected chi connectivity index (χ3v) is 2.61. The third kappa shape index (κ3) is 7.02. The summed E-state index contributed by atoms with van der Waals surface area (Å²) < 4.78 is 49.1. The molecule has 5 nitrogen and oxygen atoms in total. The lowest BCUT2D eigenvalue weighted by atomic mass is 10.2. The van der Waals surface area contributed by atoms with E-state index in [-0.39, 0.29) is 13.1 Å². The monoisotopic (exact) mass is 322 g/mol. The number of hydrogen-bond donors (Lipinski definition) is 3. The van der Waals surface area contributed by atoms with E-state index in [0.29, 0.717) is 10.5 Å². The topological polar surface area (TPSA) is 62.6 Å². The van der Waals surface area contributed by atoms with Crippen molar-refractivity contribution in [2.24, 2.45) is 0 Å². The van der Waals surface area contributed by atoms with Gasteiger partial charge in [-0.25, -0.2) is 9.18 Å². The smallest absolute Gasteiger partial charge is 0.329 e. The van der Waals surface area contributed by atoms with Crippen molar-refractivity contribution >= 4 is 11.9 Å². The standard InChI is InChI=1S/C13H15F4N3O2/c1-20(6-9-4-2-3-5-10(9)14)7-11(21)19-12(22)18-8-13(15,16)17/h2-5H,6-8H2,1H3,(H2,18,19,21,22)/p+1. The summed E-state index contributed by atoms with van der Waals surface area (Å²) in [5.74, 6) is -1.17. The van der Waals surface area contributed by atoms with Crippen LogP contribution in [-0.2, 0) is 11.3 Å². The van der Waals surface area contributed by atoms with Crippen LogP contribution in [0.2, 0.25) is 0 Å². The molecule has 0 fully saturated rings. The molecule has 1 rings (SSSR count). The second kappa shape index (κ2) is 7.74. The number of benzene rings is 1. The number of amides is 3. The number of quaternary nitrogens is 1. The summed E-state index contributed by atoms with van der Waals surface area (Å²) in [5.41, 5.74) is 0.398. The molecule has 0 heterocycles. The lowest BCUT2D eigenvalue weighted by molar-refractivity contribution is -0.885. The van der Waals surface area contributed by atoms with E-state index in [2.05, 4.69) is 0 Å². The summed E-state index contributed by atoms with van der Waals surface area (Å²) in [6, 6.07) is 4.81. The van der Waals surface area contributed by atoms with E-state index in [4.69, 9.17) is 0 Å². The predicted octanol–water partition coefficient (Wildman–Crippen LogP) is 0.228. The van der Waals surface area contributed by atoms with Crippen LogP contribution in [0.5, 0.6) is 0 Å². The molecule has 9 heteroatoms. The van der Waals surface area contributed by atoms with Gasteiger partial charge < -0.3 is 10.2 Å². The van der Waals surface area contributed by atoms with Gasteiger partial charge >= 0.3 is 12.2 Å². The molecule has 0 saturated heterocycles. The van der Waals surface area contributed by atoms with Crippen LogP contribution in [0, 0.1) is 5.82 Å². The Bertz CT molecular complexity index is 534. The van der Waals surface area contributed by atoms with Crippen molar-refractivity contribution in [2.75, 3.05) is 20.1 Å². The summed E-state index contributed by atoms with van der Waals surface area (Å²) in [4.78, 5) is 23.2. The van der Waals surface area contributed by atoms with Crippen LogP contribution >= 0.6 is 0 Å². The minimum atomic E-state index is -4.55. The van der Waals surface area contributed by atoms with Gasteiger partial charge in [-0.05, 0) is 6.07 Å². The Morgan fingerprint density at radius 3 is 2.45 bits per heavy atom. The molecule has 22 heavy (non-hydrogen) atoms. The quantitative estimate of drug-likeness (QED) is 0.680. The third-order valence-electron chi connectivity index (χ3n) is 2.61. The number of halogens is 4. The molecule has 1 aromatic carbocycles. The Balaban J connectivity index is 2.38. The maximum atomic E-state index is 13.4. The Morgan fingerprint density at radius 2 is 1.86 bits per heavy atom. The van der Waals surface area contributed by atoms with E-state index in [1.165, 1.54) is 17.4 Å².